The lowest BCUT2D eigenvalue weighted by Gasteiger charge is -2.09. The molecule has 0 aliphatic rings. The first-order valence-corrected chi connectivity index (χ1v) is 5.46. The highest BCUT2D eigenvalue weighted by Crippen LogP contribution is 2.21. The number of esters is 1. The molecule has 0 amide bonds. The van der Waals surface area contributed by atoms with Crippen molar-refractivity contribution in [2.75, 3.05) is 13.7 Å². The van der Waals surface area contributed by atoms with E-state index in [4.69, 9.17) is 9.47 Å². The molecule has 0 aliphatic heterocycles. The van der Waals surface area contributed by atoms with Gasteiger partial charge in [0.1, 0.15) is 5.69 Å². The fourth-order valence-corrected chi connectivity index (χ4v) is 1.43. The Bertz CT molecular complexity index is 511. The van der Waals surface area contributed by atoms with Crippen molar-refractivity contribution in [2.24, 2.45) is 0 Å². The number of nitrogens with zero attached hydrogens (tertiary/aromatic N) is 3. The van der Waals surface area contributed by atoms with Crippen LogP contribution in [0.2, 0.25) is 0 Å². The van der Waals surface area contributed by atoms with E-state index in [1.165, 1.54) is 7.11 Å². The van der Waals surface area contributed by atoms with E-state index < -0.39 is 0 Å². The topological polar surface area (TPSA) is 66.2 Å². The zero-order valence-corrected chi connectivity index (χ0v) is 9.94. The lowest BCUT2D eigenvalue weighted by molar-refractivity contribution is -0.135. The summed E-state index contributed by atoms with van der Waals surface area (Å²) in [5, 5.41) is 7.59. The summed E-state index contributed by atoms with van der Waals surface area (Å²) in [6, 6.07) is 7.14. The van der Waals surface area contributed by atoms with Gasteiger partial charge in [-0.05, 0) is 12.1 Å². The fraction of sp³-hybridized carbons (Fsp3) is 0.250. The van der Waals surface area contributed by atoms with E-state index in [0.29, 0.717) is 18.0 Å². The van der Waals surface area contributed by atoms with E-state index in [1.807, 2.05) is 6.07 Å². The number of hydrogen-bond acceptors (Lipinski definition) is 5. The average molecular weight is 247 g/mol. The van der Waals surface area contributed by atoms with Crippen molar-refractivity contribution < 1.29 is 14.3 Å². The Kier molecular flexibility index (Phi) is 4.03. The zero-order valence-electron chi connectivity index (χ0n) is 9.94. The highest BCUT2D eigenvalue weighted by Gasteiger charge is 2.10. The van der Waals surface area contributed by atoms with Crippen LogP contribution in [0.15, 0.2) is 36.7 Å². The van der Waals surface area contributed by atoms with E-state index in [0.717, 1.165) is 0 Å². The minimum absolute atomic E-state index is 0.211. The second-order valence-electron chi connectivity index (χ2n) is 3.53. The Morgan fingerprint density at radius 3 is 2.94 bits per heavy atom. The van der Waals surface area contributed by atoms with Gasteiger partial charge in [0, 0.05) is 7.11 Å². The van der Waals surface area contributed by atoms with Crippen molar-refractivity contribution in [2.45, 2.75) is 6.42 Å². The first kappa shape index (κ1) is 12.3. The summed E-state index contributed by atoms with van der Waals surface area (Å²) < 4.78 is 11.6. The molecular weight excluding hydrogens is 234 g/mol. The zero-order chi connectivity index (χ0) is 12.8. The maximum Gasteiger partial charge on any atom is 0.313 e. The quantitative estimate of drug-likeness (QED) is 0.587. The van der Waals surface area contributed by atoms with Crippen LogP contribution in [0.3, 0.4) is 0 Å². The van der Waals surface area contributed by atoms with Crippen LogP contribution < -0.4 is 4.74 Å². The van der Waals surface area contributed by atoms with Crippen LogP contribution in [-0.4, -0.2) is 34.7 Å². The molecule has 0 saturated heterocycles. The predicted molar refractivity (Wildman–Crippen MR) is 63.5 cm³/mol. The van der Waals surface area contributed by atoms with Crippen LogP contribution in [0.1, 0.15) is 6.42 Å². The number of ether oxygens (including phenoxy) is 2. The summed E-state index contributed by atoms with van der Waals surface area (Å²) in [6.07, 6.45) is 3.45. The minimum Gasteiger partial charge on any atom is -0.424 e. The van der Waals surface area contributed by atoms with Crippen molar-refractivity contribution in [1.29, 1.82) is 0 Å². The largest absolute Gasteiger partial charge is 0.424 e. The predicted octanol–water partition coefficient (Wildman–Crippen LogP) is 1.21. The molecule has 0 atom stereocenters. The fourth-order valence-electron chi connectivity index (χ4n) is 1.43. The monoisotopic (exact) mass is 247 g/mol. The molecule has 1 aromatic heterocycles. The van der Waals surface area contributed by atoms with E-state index in [9.17, 15) is 4.79 Å². The van der Waals surface area contributed by atoms with Gasteiger partial charge in [0.15, 0.2) is 5.75 Å². The number of para-hydroxylation sites is 2. The first-order valence-electron chi connectivity index (χ1n) is 5.46. The van der Waals surface area contributed by atoms with Gasteiger partial charge >= 0.3 is 5.97 Å². The number of carbonyl (C=O) groups is 1. The molecule has 1 heterocycles. The Morgan fingerprint density at radius 1 is 1.39 bits per heavy atom. The molecule has 0 fully saturated rings. The normalized spacial score (nSPS) is 10.3. The van der Waals surface area contributed by atoms with Crippen molar-refractivity contribution in [3.8, 4) is 11.4 Å². The molecule has 0 radical (unpaired) electrons. The molecule has 0 N–H and O–H groups in total. The molecule has 0 bridgehead atoms. The molecule has 0 saturated carbocycles. The van der Waals surface area contributed by atoms with Gasteiger partial charge in [0.2, 0.25) is 0 Å². The van der Waals surface area contributed by atoms with Gasteiger partial charge in [-0.2, -0.15) is 0 Å². The Hall–Kier alpha value is -2.21. The number of hydrogen-bond donors (Lipinski definition) is 0. The van der Waals surface area contributed by atoms with Crippen molar-refractivity contribution in [3.05, 3.63) is 36.7 Å². The lowest BCUT2D eigenvalue weighted by atomic mass is 10.3. The average Bonchev–Trinajstić information content (AvgIpc) is 2.91. The third kappa shape index (κ3) is 2.92. The highest BCUT2D eigenvalue weighted by molar-refractivity contribution is 5.73. The van der Waals surface area contributed by atoms with Crippen LogP contribution in [0, 0.1) is 0 Å². The molecule has 1 aromatic carbocycles. The second-order valence-corrected chi connectivity index (χ2v) is 3.53. The molecule has 0 aliphatic carbocycles. The Labute approximate surface area is 104 Å². The first-order chi connectivity index (χ1) is 8.81. The van der Waals surface area contributed by atoms with Gasteiger partial charge in [0.25, 0.3) is 0 Å². The summed E-state index contributed by atoms with van der Waals surface area (Å²) >= 11 is 0. The van der Waals surface area contributed by atoms with Gasteiger partial charge in [-0.1, -0.05) is 17.3 Å². The van der Waals surface area contributed by atoms with Crippen molar-refractivity contribution >= 4 is 5.97 Å². The van der Waals surface area contributed by atoms with Gasteiger partial charge < -0.3 is 9.47 Å². The smallest absolute Gasteiger partial charge is 0.313 e. The van der Waals surface area contributed by atoms with Gasteiger partial charge in [-0.15, -0.1) is 5.10 Å². The second kappa shape index (κ2) is 5.92. The van der Waals surface area contributed by atoms with Gasteiger partial charge in [0.05, 0.1) is 25.4 Å². The summed E-state index contributed by atoms with van der Waals surface area (Å²) in [5.41, 5.74) is 0.667. The lowest BCUT2D eigenvalue weighted by Crippen LogP contribution is -2.12. The van der Waals surface area contributed by atoms with Crippen LogP contribution >= 0.6 is 0 Å². The maximum atomic E-state index is 11.5. The van der Waals surface area contributed by atoms with Crippen LogP contribution in [0.5, 0.6) is 5.75 Å². The summed E-state index contributed by atoms with van der Waals surface area (Å²) in [4.78, 5) is 11.5. The third-order valence-corrected chi connectivity index (χ3v) is 2.27. The molecule has 2 aromatic rings. The van der Waals surface area contributed by atoms with E-state index >= 15 is 0 Å². The van der Waals surface area contributed by atoms with E-state index in [2.05, 4.69) is 10.3 Å². The van der Waals surface area contributed by atoms with Crippen LogP contribution in [0.4, 0.5) is 0 Å². The summed E-state index contributed by atoms with van der Waals surface area (Å²) in [6.45, 7) is 0.338. The molecule has 94 valence electrons. The third-order valence-electron chi connectivity index (χ3n) is 2.27. The van der Waals surface area contributed by atoms with Crippen molar-refractivity contribution in [3.63, 3.8) is 0 Å². The number of rotatable bonds is 5. The molecule has 6 heteroatoms. The maximum absolute atomic E-state index is 11.5. The minimum atomic E-state index is -0.343. The standard InChI is InChI=1S/C12H13N3O3/c1-17-9-6-12(16)18-11-5-3-2-4-10(11)15-8-7-13-14-15/h2-5,7-8H,6,9H2,1H3. The van der Waals surface area contributed by atoms with E-state index in [1.54, 1.807) is 35.3 Å². The summed E-state index contributed by atoms with van der Waals surface area (Å²) in [5.74, 6) is 0.105. The van der Waals surface area contributed by atoms with Crippen molar-refractivity contribution in [1.82, 2.24) is 15.0 Å². The number of aromatic nitrogens is 3. The number of benzene rings is 1. The SMILES string of the molecule is COCCC(=O)Oc1ccccc1-n1ccnn1. The molecule has 6 nitrogen and oxygen atoms in total. The van der Waals surface area contributed by atoms with Gasteiger partial charge in [-0.25, -0.2) is 4.68 Å². The van der Waals surface area contributed by atoms with Gasteiger partial charge in [-0.3, -0.25) is 4.79 Å². The number of methoxy groups -OCH3 is 1. The van der Waals surface area contributed by atoms with Crippen LogP contribution in [-0.2, 0) is 9.53 Å². The van der Waals surface area contributed by atoms with E-state index in [-0.39, 0.29) is 12.4 Å². The highest BCUT2D eigenvalue weighted by atomic mass is 16.5. The molecular formula is C12H13N3O3. The Morgan fingerprint density at radius 2 is 2.22 bits per heavy atom. The molecule has 0 spiro atoms. The molecule has 18 heavy (non-hydrogen) atoms. The number of carbonyl (C=O) groups excluding carboxylic acids is 1. The van der Waals surface area contributed by atoms with Crippen LogP contribution in [0.25, 0.3) is 5.69 Å². The summed E-state index contributed by atoms with van der Waals surface area (Å²) in [7, 11) is 1.54. The Balaban J connectivity index is 2.16. The molecule has 0 unspecified atom stereocenters. The molecule has 2 rings (SSSR count).